The fourth-order valence-corrected chi connectivity index (χ4v) is 3.84. The number of aromatic nitrogens is 2. The molecule has 0 atom stereocenters. The SMILES string of the molecule is COc1ccccc1N=Nc1c(O)n(-c2ccccc2OC)c(=S)n(-c2ccc(Cl)cc2)c1=O. The minimum atomic E-state index is -0.658. The average Bonchev–Trinajstić information content (AvgIpc) is 2.85. The normalized spacial score (nSPS) is 11.0. The Morgan fingerprint density at radius 2 is 1.47 bits per heavy atom. The lowest BCUT2D eigenvalue weighted by Gasteiger charge is -2.17. The predicted octanol–water partition coefficient (Wildman–Crippen LogP) is 6.15. The molecule has 1 heterocycles. The molecule has 0 spiro atoms. The minimum Gasteiger partial charge on any atom is -0.495 e. The number of rotatable bonds is 6. The fraction of sp³-hybridized carbons (Fsp3) is 0.0833. The van der Waals surface area contributed by atoms with Crippen LogP contribution in [0.1, 0.15) is 0 Å². The van der Waals surface area contributed by atoms with E-state index in [1.54, 1.807) is 72.8 Å². The monoisotopic (exact) mass is 494 g/mol. The lowest BCUT2D eigenvalue weighted by molar-refractivity contribution is 0.402. The Morgan fingerprint density at radius 1 is 0.853 bits per heavy atom. The van der Waals surface area contributed by atoms with Crippen molar-refractivity contribution in [3.05, 3.63) is 92.9 Å². The molecule has 3 aromatic carbocycles. The van der Waals surface area contributed by atoms with Crippen LogP contribution in [0.2, 0.25) is 5.02 Å². The minimum absolute atomic E-state index is 0.00515. The fourth-order valence-electron chi connectivity index (χ4n) is 3.34. The zero-order chi connectivity index (χ0) is 24.2. The van der Waals surface area contributed by atoms with Crippen LogP contribution >= 0.6 is 23.8 Å². The van der Waals surface area contributed by atoms with Crippen molar-refractivity contribution < 1.29 is 14.6 Å². The summed E-state index contributed by atoms with van der Waals surface area (Å²) in [5.41, 5.74) is 0.267. The van der Waals surface area contributed by atoms with Gasteiger partial charge in [-0.05, 0) is 60.7 Å². The van der Waals surface area contributed by atoms with Crippen LogP contribution in [-0.2, 0) is 0 Å². The summed E-state index contributed by atoms with van der Waals surface area (Å²) >= 11 is 11.7. The molecule has 4 aromatic rings. The van der Waals surface area contributed by atoms with Crippen molar-refractivity contribution in [2.45, 2.75) is 0 Å². The molecular formula is C24H19ClN4O4S. The van der Waals surface area contributed by atoms with Crippen LogP contribution in [0, 0.1) is 4.77 Å². The van der Waals surface area contributed by atoms with Gasteiger partial charge in [0.1, 0.15) is 17.2 Å². The summed E-state index contributed by atoms with van der Waals surface area (Å²) in [4.78, 5) is 13.5. The lowest BCUT2D eigenvalue weighted by atomic mass is 10.2. The summed E-state index contributed by atoms with van der Waals surface area (Å²) in [5.74, 6) is 0.410. The summed E-state index contributed by atoms with van der Waals surface area (Å²) in [5, 5.41) is 19.9. The molecule has 1 N–H and O–H groups in total. The summed E-state index contributed by atoms with van der Waals surface area (Å²) in [6, 6.07) is 20.4. The Hall–Kier alpha value is -3.95. The molecular weight excluding hydrogens is 476 g/mol. The molecule has 0 saturated carbocycles. The molecule has 1 aromatic heterocycles. The smallest absolute Gasteiger partial charge is 0.290 e. The molecule has 0 fully saturated rings. The number of para-hydroxylation sites is 3. The maximum absolute atomic E-state index is 13.5. The molecule has 0 saturated heterocycles. The Labute approximate surface area is 204 Å². The molecule has 0 aliphatic heterocycles. The Balaban J connectivity index is 2.04. The third kappa shape index (κ3) is 4.30. The first kappa shape index (κ1) is 23.2. The van der Waals surface area contributed by atoms with E-state index in [0.717, 1.165) is 0 Å². The van der Waals surface area contributed by atoms with E-state index in [-0.39, 0.29) is 10.5 Å². The van der Waals surface area contributed by atoms with Gasteiger partial charge in [0.2, 0.25) is 11.6 Å². The number of halogens is 1. The molecule has 0 bridgehead atoms. The van der Waals surface area contributed by atoms with E-state index in [9.17, 15) is 9.90 Å². The van der Waals surface area contributed by atoms with Gasteiger partial charge < -0.3 is 14.6 Å². The second-order valence-electron chi connectivity index (χ2n) is 6.95. The standard InChI is InChI=1S/C24H19ClN4O4S/c1-32-19-9-5-3-7-17(19)26-27-21-22(30)28(16-13-11-15(25)12-14-16)24(34)29(23(21)31)18-8-4-6-10-20(18)33-2/h3-14,31H,1-2H3. The van der Waals surface area contributed by atoms with Crippen LogP contribution in [0.4, 0.5) is 11.4 Å². The number of hydrogen-bond acceptors (Lipinski definition) is 7. The van der Waals surface area contributed by atoms with E-state index in [4.69, 9.17) is 33.3 Å². The number of benzene rings is 3. The van der Waals surface area contributed by atoms with Gasteiger partial charge in [-0.15, -0.1) is 10.2 Å². The van der Waals surface area contributed by atoms with E-state index >= 15 is 0 Å². The molecule has 34 heavy (non-hydrogen) atoms. The van der Waals surface area contributed by atoms with E-state index in [0.29, 0.717) is 33.6 Å². The number of nitrogens with zero attached hydrogens (tertiary/aromatic N) is 4. The average molecular weight is 495 g/mol. The van der Waals surface area contributed by atoms with Gasteiger partial charge in [0, 0.05) is 5.02 Å². The van der Waals surface area contributed by atoms with Gasteiger partial charge in [0.15, 0.2) is 4.77 Å². The molecule has 0 unspecified atom stereocenters. The zero-order valence-corrected chi connectivity index (χ0v) is 19.7. The highest BCUT2D eigenvalue weighted by molar-refractivity contribution is 7.71. The predicted molar refractivity (Wildman–Crippen MR) is 133 cm³/mol. The van der Waals surface area contributed by atoms with Gasteiger partial charge in [0.25, 0.3) is 5.56 Å². The van der Waals surface area contributed by atoms with Crippen molar-refractivity contribution in [3.63, 3.8) is 0 Å². The van der Waals surface area contributed by atoms with Crippen LogP contribution in [-0.4, -0.2) is 28.5 Å². The third-order valence-corrected chi connectivity index (χ3v) is 5.58. The number of hydrogen-bond donors (Lipinski definition) is 1. The van der Waals surface area contributed by atoms with Crippen LogP contribution in [0.15, 0.2) is 87.8 Å². The van der Waals surface area contributed by atoms with Gasteiger partial charge in [-0.1, -0.05) is 35.9 Å². The first-order valence-electron chi connectivity index (χ1n) is 10.0. The van der Waals surface area contributed by atoms with Crippen molar-refractivity contribution in [2.75, 3.05) is 14.2 Å². The van der Waals surface area contributed by atoms with E-state index in [1.165, 1.54) is 23.4 Å². The first-order valence-corrected chi connectivity index (χ1v) is 10.8. The maximum atomic E-state index is 13.5. The van der Waals surface area contributed by atoms with Crippen molar-refractivity contribution in [3.8, 4) is 28.8 Å². The van der Waals surface area contributed by atoms with Gasteiger partial charge in [-0.2, -0.15) is 0 Å². The largest absolute Gasteiger partial charge is 0.495 e. The quantitative estimate of drug-likeness (QED) is 0.256. The number of methoxy groups -OCH3 is 2. The van der Waals surface area contributed by atoms with Gasteiger partial charge in [-0.3, -0.25) is 13.9 Å². The van der Waals surface area contributed by atoms with Crippen molar-refractivity contribution in [1.29, 1.82) is 0 Å². The highest BCUT2D eigenvalue weighted by Gasteiger charge is 2.21. The van der Waals surface area contributed by atoms with E-state index < -0.39 is 11.4 Å². The summed E-state index contributed by atoms with van der Waals surface area (Å²) in [6.45, 7) is 0. The van der Waals surface area contributed by atoms with Crippen LogP contribution in [0.5, 0.6) is 17.4 Å². The zero-order valence-electron chi connectivity index (χ0n) is 18.2. The number of ether oxygens (including phenoxy) is 2. The van der Waals surface area contributed by atoms with Crippen molar-refractivity contribution >= 4 is 35.2 Å². The van der Waals surface area contributed by atoms with Crippen molar-refractivity contribution in [2.24, 2.45) is 10.2 Å². The van der Waals surface area contributed by atoms with E-state index in [1.807, 2.05) is 0 Å². The maximum Gasteiger partial charge on any atom is 0.290 e. The summed E-state index contributed by atoms with van der Waals surface area (Å²) in [6.07, 6.45) is 0. The summed E-state index contributed by atoms with van der Waals surface area (Å²) in [7, 11) is 3.00. The molecule has 4 rings (SSSR count). The Bertz CT molecular complexity index is 1500. The molecule has 10 heteroatoms. The highest BCUT2D eigenvalue weighted by atomic mass is 35.5. The second kappa shape index (κ2) is 9.90. The van der Waals surface area contributed by atoms with Crippen LogP contribution in [0.3, 0.4) is 0 Å². The van der Waals surface area contributed by atoms with E-state index in [2.05, 4.69) is 10.2 Å². The van der Waals surface area contributed by atoms with Gasteiger partial charge in [0.05, 0.1) is 25.6 Å². The third-order valence-electron chi connectivity index (χ3n) is 4.97. The molecule has 172 valence electrons. The van der Waals surface area contributed by atoms with Gasteiger partial charge in [-0.25, -0.2) is 0 Å². The Kier molecular flexibility index (Phi) is 6.76. The topological polar surface area (TPSA) is 90.3 Å². The van der Waals surface area contributed by atoms with Gasteiger partial charge >= 0.3 is 0 Å². The molecule has 0 amide bonds. The summed E-state index contributed by atoms with van der Waals surface area (Å²) < 4.78 is 13.3. The highest BCUT2D eigenvalue weighted by Crippen LogP contribution is 2.34. The number of azo groups is 1. The second-order valence-corrected chi connectivity index (χ2v) is 7.75. The van der Waals surface area contributed by atoms with Crippen LogP contribution in [0.25, 0.3) is 11.4 Å². The Morgan fingerprint density at radius 3 is 2.15 bits per heavy atom. The number of aromatic hydroxyl groups is 1. The first-order chi connectivity index (χ1) is 16.5. The van der Waals surface area contributed by atoms with Crippen molar-refractivity contribution in [1.82, 2.24) is 9.13 Å². The lowest BCUT2D eigenvalue weighted by Crippen LogP contribution is -2.23. The van der Waals surface area contributed by atoms with Crippen LogP contribution < -0.4 is 15.0 Å². The molecule has 0 radical (unpaired) electrons. The molecule has 0 aliphatic rings. The molecule has 8 nitrogen and oxygen atoms in total. The molecule has 0 aliphatic carbocycles.